The van der Waals surface area contributed by atoms with Gasteiger partial charge in [0.15, 0.2) is 0 Å². The number of H-pyrrole nitrogens is 1. The third-order valence-electron chi connectivity index (χ3n) is 3.51. The summed E-state index contributed by atoms with van der Waals surface area (Å²) >= 11 is 7.46. The molecule has 8 heteroatoms. The molecule has 26 heavy (non-hydrogen) atoms. The molecule has 130 valence electrons. The van der Waals surface area contributed by atoms with Gasteiger partial charge in [-0.25, -0.2) is 4.39 Å². The molecule has 2 aromatic carbocycles. The fourth-order valence-corrected chi connectivity index (χ4v) is 3.40. The van der Waals surface area contributed by atoms with E-state index < -0.39 is 11.7 Å². The van der Waals surface area contributed by atoms with E-state index in [1.54, 1.807) is 6.07 Å². The minimum absolute atomic E-state index is 0.198. The lowest BCUT2D eigenvalue weighted by atomic mass is 10.2. The Bertz CT molecular complexity index is 982. The number of nitriles is 1. The molecule has 2 N–H and O–H groups in total. The molecule has 0 radical (unpaired) electrons. The summed E-state index contributed by atoms with van der Waals surface area (Å²) in [5.74, 6) is -0.166. The van der Waals surface area contributed by atoms with Gasteiger partial charge in [-0.3, -0.25) is 9.89 Å². The second-order valence-corrected chi connectivity index (χ2v) is 6.60. The molecule has 0 bridgehead atoms. The van der Waals surface area contributed by atoms with Crippen LogP contribution < -0.4 is 5.32 Å². The summed E-state index contributed by atoms with van der Waals surface area (Å²) in [6, 6.07) is 14.6. The highest BCUT2D eigenvalue weighted by molar-refractivity contribution is 7.98. The standard InChI is InChI=1S/C18H12ClFN4OS/c19-15-4-2-1-3-12(15)10-26-18-14(9-21)16(23-24-18)22-17(25)11-5-7-13(20)8-6-11/h1-8H,10H2,(H2,22,23,24,25). The molecule has 0 unspecified atom stereocenters. The van der Waals surface area contributed by atoms with Crippen LogP contribution >= 0.6 is 23.4 Å². The van der Waals surface area contributed by atoms with Gasteiger partial charge in [0.2, 0.25) is 0 Å². The maximum atomic E-state index is 12.9. The van der Waals surface area contributed by atoms with E-state index in [-0.39, 0.29) is 16.9 Å². The summed E-state index contributed by atoms with van der Waals surface area (Å²) in [6.45, 7) is 0. The predicted molar refractivity (Wildman–Crippen MR) is 98.7 cm³/mol. The van der Waals surface area contributed by atoms with E-state index >= 15 is 0 Å². The van der Waals surface area contributed by atoms with Gasteiger partial charge in [-0.05, 0) is 35.9 Å². The molecule has 3 aromatic rings. The molecule has 5 nitrogen and oxygen atoms in total. The van der Waals surface area contributed by atoms with Crippen LogP contribution in [0.25, 0.3) is 0 Å². The molecular weight excluding hydrogens is 375 g/mol. The molecule has 0 spiro atoms. The number of amides is 1. The van der Waals surface area contributed by atoms with Crippen LogP contribution in [-0.4, -0.2) is 16.1 Å². The number of halogens is 2. The van der Waals surface area contributed by atoms with Crippen LogP contribution in [-0.2, 0) is 5.75 Å². The molecule has 0 fully saturated rings. The zero-order chi connectivity index (χ0) is 18.5. The zero-order valence-corrected chi connectivity index (χ0v) is 14.9. The molecule has 0 atom stereocenters. The van der Waals surface area contributed by atoms with Gasteiger partial charge < -0.3 is 5.32 Å². The van der Waals surface area contributed by atoms with Crippen LogP contribution in [0.2, 0.25) is 5.02 Å². The fraction of sp³-hybridized carbons (Fsp3) is 0.0556. The van der Waals surface area contributed by atoms with E-state index in [0.717, 1.165) is 5.56 Å². The molecule has 0 aliphatic carbocycles. The van der Waals surface area contributed by atoms with Crippen LogP contribution in [0.15, 0.2) is 53.6 Å². The highest BCUT2D eigenvalue weighted by Gasteiger charge is 2.17. The van der Waals surface area contributed by atoms with Crippen molar-refractivity contribution in [3.8, 4) is 6.07 Å². The van der Waals surface area contributed by atoms with Gasteiger partial charge in [0.1, 0.15) is 28.3 Å². The molecular formula is C18H12ClFN4OS. The van der Waals surface area contributed by atoms with Crippen molar-refractivity contribution in [1.82, 2.24) is 10.2 Å². The minimum Gasteiger partial charge on any atom is -0.306 e. The molecule has 0 saturated carbocycles. The van der Waals surface area contributed by atoms with E-state index in [9.17, 15) is 14.4 Å². The number of nitrogens with one attached hydrogen (secondary N) is 2. The first-order chi connectivity index (χ1) is 12.6. The van der Waals surface area contributed by atoms with E-state index in [4.69, 9.17) is 11.6 Å². The first-order valence-electron chi connectivity index (χ1n) is 7.50. The number of aromatic nitrogens is 2. The second-order valence-electron chi connectivity index (χ2n) is 5.23. The second kappa shape index (κ2) is 8.04. The van der Waals surface area contributed by atoms with Crippen LogP contribution in [0, 0.1) is 17.1 Å². The van der Waals surface area contributed by atoms with Crippen molar-refractivity contribution >= 4 is 35.1 Å². The van der Waals surface area contributed by atoms with Crippen molar-refractivity contribution in [2.45, 2.75) is 10.8 Å². The average molecular weight is 387 g/mol. The van der Waals surface area contributed by atoms with Crippen molar-refractivity contribution in [3.63, 3.8) is 0 Å². The van der Waals surface area contributed by atoms with Gasteiger partial charge in [-0.2, -0.15) is 10.4 Å². The van der Waals surface area contributed by atoms with Gasteiger partial charge in [-0.1, -0.05) is 41.6 Å². The van der Waals surface area contributed by atoms with Gasteiger partial charge in [0.25, 0.3) is 5.91 Å². The van der Waals surface area contributed by atoms with Gasteiger partial charge in [0, 0.05) is 16.3 Å². The molecule has 1 amide bonds. The Hall–Kier alpha value is -2.82. The third kappa shape index (κ3) is 4.04. The highest BCUT2D eigenvalue weighted by Crippen LogP contribution is 2.30. The smallest absolute Gasteiger partial charge is 0.256 e. The fourth-order valence-electron chi connectivity index (χ4n) is 2.17. The average Bonchev–Trinajstić information content (AvgIpc) is 3.03. The normalized spacial score (nSPS) is 10.3. The van der Waals surface area contributed by atoms with Crippen LogP contribution in [0.5, 0.6) is 0 Å². The predicted octanol–water partition coefficient (Wildman–Crippen LogP) is 4.62. The molecule has 1 heterocycles. The molecule has 0 aliphatic rings. The topological polar surface area (TPSA) is 81.6 Å². The number of anilines is 1. The first-order valence-corrected chi connectivity index (χ1v) is 8.86. The maximum Gasteiger partial charge on any atom is 0.256 e. The number of hydrogen-bond donors (Lipinski definition) is 2. The lowest BCUT2D eigenvalue weighted by Gasteiger charge is -2.04. The number of hydrogen-bond acceptors (Lipinski definition) is 4. The largest absolute Gasteiger partial charge is 0.306 e. The van der Waals surface area contributed by atoms with Gasteiger partial charge >= 0.3 is 0 Å². The van der Waals surface area contributed by atoms with Crippen molar-refractivity contribution in [3.05, 3.63) is 76.1 Å². The number of carbonyl (C=O) groups excluding carboxylic acids is 1. The number of benzene rings is 2. The summed E-state index contributed by atoms with van der Waals surface area (Å²) in [4.78, 5) is 12.2. The lowest BCUT2D eigenvalue weighted by molar-refractivity contribution is 0.102. The Morgan fingerprint density at radius 1 is 1.27 bits per heavy atom. The van der Waals surface area contributed by atoms with Crippen molar-refractivity contribution < 1.29 is 9.18 Å². The third-order valence-corrected chi connectivity index (χ3v) is 4.91. The summed E-state index contributed by atoms with van der Waals surface area (Å²) in [7, 11) is 0. The van der Waals surface area contributed by atoms with Crippen LogP contribution in [0.1, 0.15) is 21.5 Å². The van der Waals surface area contributed by atoms with Crippen LogP contribution in [0.4, 0.5) is 10.2 Å². The van der Waals surface area contributed by atoms with E-state index in [1.807, 2.05) is 24.3 Å². The summed E-state index contributed by atoms with van der Waals surface area (Å²) < 4.78 is 12.9. The zero-order valence-electron chi connectivity index (χ0n) is 13.3. The summed E-state index contributed by atoms with van der Waals surface area (Å²) in [5.41, 5.74) is 1.43. The monoisotopic (exact) mass is 386 g/mol. The van der Waals surface area contributed by atoms with E-state index in [2.05, 4.69) is 15.5 Å². The van der Waals surface area contributed by atoms with E-state index in [1.165, 1.54) is 36.0 Å². The highest BCUT2D eigenvalue weighted by atomic mass is 35.5. The number of thioether (sulfide) groups is 1. The van der Waals surface area contributed by atoms with Crippen molar-refractivity contribution in [2.24, 2.45) is 0 Å². The minimum atomic E-state index is -0.465. The maximum absolute atomic E-state index is 12.9. The Morgan fingerprint density at radius 2 is 2.00 bits per heavy atom. The van der Waals surface area contributed by atoms with Crippen molar-refractivity contribution in [2.75, 3.05) is 5.32 Å². The molecule has 3 rings (SSSR count). The quantitative estimate of drug-likeness (QED) is 0.627. The van der Waals surface area contributed by atoms with E-state index in [0.29, 0.717) is 15.8 Å². The lowest BCUT2D eigenvalue weighted by Crippen LogP contribution is -2.13. The first kappa shape index (κ1) is 18.0. The summed E-state index contributed by atoms with van der Waals surface area (Å²) in [5, 5.41) is 19.8. The van der Waals surface area contributed by atoms with Crippen LogP contribution in [0.3, 0.4) is 0 Å². The molecule has 0 saturated heterocycles. The Morgan fingerprint density at radius 3 is 2.69 bits per heavy atom. The Kier molecular flexibility index (Phi) is 5.56. The Labute approximate surface area is 158 Å². The molecule has 0 aliphatic heterocycles. The SMILES string of the molecule is N#Cc1c(SCc2ccccc2Cl)n[nH]c1NC(=O)c1ccc(F)cc1. The number of aromatic amines is 1. The summed E-state index contributed by atoms with van der Waals surface area (Å²) in [6.07, 6.45) is 0. The van der Waals surface area contributed by atoms with Crippen molar-refractivity contribution in [1.29, 1.82) is 5.26 Å². The van der Waals surface area contributed by atoms with Gasteiger partial charge in [0.05, 0.1) is 0 Å². The van der Waals surface area contributed by atoms with Gasteiger partial charge in [-0.15, -0.1) is 0 Å². The Balaban J connectivity index is 1.74. The number of rotatable bonds is 5. The number of carbonyl (C=O) groups is 1. The molecule has 1 aromatic heterocycles. The number of nitrogens with zero attached hydrogens (tertiary/aromatic N) is 2.